The first-order chi connectivity index (χ1) is 12.1. The van der Waals surface area contributed by atoms with Gasteiger partial charge in [0.15, 0.2) is 11.8 Å². The first-order valence-electron chi connectivity index (χ1n) is 9.07. The fraction of sp³-hybridized carbons (Fsp3) is 0.526. The largest absolute Gasteiger partial charge is 0.354 e. The van der Waals surface area contributed by atoms with Crippen molar-refractivity contribution in [1.29, 1.82) is 0 Å². The van der Waals surface area contributed by atoms with Gasteiger partial charge in [0.05, 0.1) is 13.1 Å². The average Bonchev–Trinajstić information content (AvgIpc) is 3.22. The summed E-state index contributed by atoms with van der Waals surface area (Å²) < 4.78 is 2.00. The van der Waals surface area contributed by atoms with E-state index in [4.69, 9.17) is 4.99 Å². The number of hydrogen-bond acceptors (Lipinski definition) is 3. The van der Waals surface area contributed by atoms with Gasteiger partial charge in [-0.1, -0.05) is 42.7 Å². The van der Waals surface area contributed by atoms with Gasteiger partial charge in [-0.25, -0.2) is 4.99 Å². The maximum atomic E-state index is 4.79. The normalized spacial score (nSPS) is 15.0. The fourth-order valence-corrected chi connectivity index (χ4v) is 3.16. The molecule has 3 rings (SSSR count). The first kappa shape index (κ1) is 20.7. The zero-order chi connectivity index (χ0) is 17.6. The standard InChI is InChI=1S/C19H28N6.HI/c1-14-7-6-8-16(11-14)12-20-19(22-17-9-4-5-10-17)21-13-18-24-23-15(2)25(18)3;/h6-8,11,17H,4-5,9-10,12-13H2,1-3H3,(H2,20,21,22);1H. The Morgan fingerprint density at radius 3 is 2.65 bits per heavy atom. The van der Waals surface area contributed by atoms with Crippen LogP contribution in [0.15, 0.2) is 29.3 Å². The van der Waals surface area contributed by atoms with Gasteiger partial charge in [-0.2, -0.15) is 0 Å². The monoisotopic (exact) mass is 468 g/mol. The van der Waals surface area contributed by atoms with E-state index in [0.717, 1.165) is 17.6 Å². The van der Waals surface area contributed by atoms with Crippen LogP contribution < -0.4 is 10.6 Å². The van der Waals surface area contributed by atoms with Crippen molar-refractivity contribution in [2.24, 2.45) is 12.0 Å². The molecule has 6 nitrogen and oxygen atoms in total. The van der Waals surface area contributed by atoms with Crippen molar-refractivity contribution in [2.45, 2.75) is 58.7 Å². The van der Waals surface area contributed by atoms with E-state index < -0.39 is 0 Å². The number of aliphatic imine (C=N–C) groups is 1. The van der Waals surface area contributed by atoms with Gasteiger partial charge in [-0.05, 0) is 32.3 Å². The molecule has 142 valence electrons. The molecule has 1 aliphatic carbocycles. The minimum absolute atomic E-state index is 0. The Bertz CT molecular complexity index is 733. The lowest BCUT2D eigenvalue weighted by Gasteiger charge is -2.17. The van der Waals surface area contributed by atoms with Crippen molar-refractivity contribution >= 4 is 29.9 Å². The van der Waals surface area contributed by atoms with E-state index in [1.54, 1.807) is 0 Å². The van der Waals surface area contributed by atoms with E-state index >= 15 is 0 Å². The highest BCUT2D eigenvalue weighted by Crippen LogP contribution is 2.17. The molecule has 1 aliphatic rings. The molecule has 1 saturated carbocycles. The molecule has 0 amide bonds. The number of aryl methyl sites for hydroxylation is 2. The van der Waals surface area contributed by atoms with Gasteiger partial charge in [0, 0.05) is 13.1 Å². The van der Waals surface area contributed by atoms with E-state index in [0.29, 0.717) is 19.1 Å². The summed E-state index contributed by atoms with van der Waals surface area (Å²) in [5, 5.41) is 15.3. The molecule has 1 heterocycles. The van der Waals surface area contributed by atoms with E-state index in [1.165, 1.54) is 36.8 Å². The lowest BCUT2D eigenvalue weighted by Crippen LogP contribution is -2.42. The van der Waals surface area contributed by atoms with Crippen LogP contribution in [0.4, 0.5) is 0 Å². The highest BCUT2D eigenvalue weighted by atomic mass is 127. The molecule has 2 aromatic rings. The molecule has 0 atom stereocenters. The number of nitrogens with one attached hydrogen (secondary N) is 2. The third kappa shape index (κ3) is 5.69. The molecule has 0 aliphatic heterocycles. The van der Waals surface area contributed by atoms with Crippen LogP contribution in [0, 0.1) is 13.8 Å². The number of hydrogen-bond donors (Lipinski definition) is 2. The number of rotatable bonds is 5. The Balaban J connectivity index is 0.00000243. The summed E-state index contributed by atoms with van der Waals surface area (Å²) in [6.07, 6.45) is 5.03. The number of nitrogens with zero attached hydrogens (tertiary/aromatic N) is 4. The Morgan fingerprint density at radius 2 is 2.00 bits per heavy atom. The predicted molar refractivity (Wildman–Crippen MR) is 116 cm³/mol. The zero-order valence-corrected chi connectivity index (χ0v) is 18.2. The second-order valence-electron chi connectivity index (χ2n) is 6.86. The van der Waals surface area contributed by atoms with Crippen LogP contribution in [-0.4, -0.2) is 26.8 Å². The quantitative estimate of drug-likeness (QED) is 0.402. The summed E-state index contributed by atoms with van der Waals surface area (Å²) >= 11 is 0. The van der Waals surface area contributed by atoms with Crippen molar-refractivity contribution in [2.75, 3.05) is 0 Å². The number of halogens is 1. The molecule has 0 bridgehead atoms. The van der Waals surface area contributed by atoms with Crippen LogP contribution in [-0.2, 0) is 20.1 Å². The molecule has 2 N–H and O–H groups in total. The average molecular weight is 468 g/mol. The van der Waals surface area contributed by atoms with Crippen molar-refractivity contribution in [3.63, 3.8) is 0 Å². The third-order valence-corrected chi connectivity index (χ3v) is 4.79. The maximum absolute atomic E-state index is 4.79. The van der Waals surface area contributed by atoms with Crippen LogP contribution in [0.3, 0.4) is 0 Å². The minimum atomic E-state index is 0. The summed E-state index contributed by atoms with van der Waals surface area (Å²) in [6, 6.07) is 9.02. The molecule has 0 spiro atoms. The molecule has 1 aromatic carbocycles. The zero-order valence-electron chi connectivity index (χ0n) is 15.8. The number of benzene rings is 1. The maximum Gasteiger partial charge on any atom is 0.192 e. The minimum Gasteiger partial charge on any atom is -0.354 e. The van der Waals surface area contributed by atoms with Crippen molar-refractivity contribution in [3.8, 4) is 0 Å². The lowest BCUT2D eigenvalue weighted by atomic mass is 10.1. The summed E-state index contributed by atoms with van der Waals surface area (Å²) in [6.45, 7) is 5.35. The summed E-state index contributed by atoms with van der Waals surface area (Å²) in [5.74, 6) is 2.68. The third-order valence-electron chi connectivity index (χ3n) is 4.79. The Morgan fingerprint density at radius 1 is 1.23 bits per heavy atom. The number of aromatic nitrogens is 3. The molecule has 1 aromatic heterocycles. The van der Waals surface area contributed by atoms with Crippen LogP contribution in [0.5, 0.6) is 0 Å². The van der Waals surface area contributed by atoms with E-state index in [1.807, 2.05) is 18.5 Å². The summed E-state index contributed by atoms with van der Waals surface area (Å²) in [5.41, 5.74) is 2.49. The number of guanidine groups is 1. The molecular formula is C19H29IN6. The predicted octanol–water partition coefficient (Wildman–Crippen LogP) is 3.23. The molecular weight excluding hydrogens is 439 g/mol. The fourth-order valence-electron chi connectivity index (χ4n) is 3.16. The molecule has 1 fully saturated rings. The SMILES string of the molecule is Cc1cccc(CN=C(NCc2nnc(C)n2C)NC2CCCC2)c1.I. The van der Waals surface area contributed by atoms with Gasteiger partial charge in [0.1, 0.15) is 5.82 Å². The van der Waals surface area contributed by atoms with Crippen LogP contribution in [0.1, 0.15) is 48.5 Å². The molecule has 7 heteroatoms. The molecule has 0 unspecified atom stereocenters. The molecule has 0 saturated heterocycles. The second kappa shape index (κ2) is 9.89. The smallest absolute Gasteiger partial charge is 0.192 e. The van der Waals surface area contributed by atoms with Crippen LogP contribution in [0.25, 0.3) is 0 Å². The van der Waals surface area contributed by atoms with Crippen LogP contribution >= 0.6 is 24.0 Å². The second-order valence-corrected chi connectivity index (χ2v) is 6.86. The highest BCUT2D eigenvalue weighted by Gasteiger charge is 2.16. The topological polar surface area (TPSA) is 67.1 Å². The van der Waals surface area contributed by atoms with Gasteiger partial charge in [-0.3, -0.25) is 0 Å². The lowest BCUT2D eigenvalue weighted by molar-refractivity contribution is 0.606. The Labute approximate surface area is 172 Å². The Kier molecular flexibility index (Phi) is 7.86. The van der Waals surface area contributed by atoms with Gasteiger partial charge >= 0.3 is 0 Å². The van der Waals surface area contributed by atoms with Crippen molar-refractivity contribution in [3.05, 3.63) is 47.0 Å². The van der Waals surface area contributed by atoms with Gasteiger partial charge in [0.2, 0.25) is 0 Å². The van der Waals surface area contributed by atoms with E-state index in [-0.39, 0.29) is 24.0 Å². The van der Waals surface area contributed by atoms with Crippen molar-refractivity contribution in [1.82, 2.24) is 25.4 Å². The first-order valence-corrected chi connectivity index (χ1v) is 9.07. The highest BCUT2D eigenvalue weighted by molar-refractivity contribution is 14.0. The summed E-state index contributed by atoms with van der Waals surface area (Å²) in [4.78, 5) is 4.79. The van der Waals surface area contributed by atoms with Crippen LogP contribution in [0.2, 0.25) is 0 Å². The van der Waals surface area contributed by atoms with Crippen molar-refractivity contribution < 1.29 is 0 Å². The van der Waals surface area contributed by atoms with Gasteiger partial charge in [0.25, 0.3) is 0 Å². The van der Waals surface area contributed by atoms with Gasteiger partial charge in [-0.15, -0.1) is 34.2 Å². The molecule has 0 radical (unpaired) electrons. The van der Waals surface area contributed by atoms with E-state index in [9.17, 15) is 0 Å². The van der Waals surface area contributed by atoms with Gasteiger partial charge < -0.3 is 15.2 Å². The summed E-state index contributed by atoms with van der Waals surface area (Å²) in [7, 11) is 1.99. The Hall–Kier alpha value is -1.64. The van der Waals surface area contributed by atoms with E-state index in [2.05, 4.69) is 52.0 Å². The molecule has 26 heavy (non-hydrogen) atoms.